The second kappa shape index (κ2) is 8.00. The summed E-state index contributed by atoms with van der Waals surface area (Å²) in [6.07, 6.45) is 1.52. The van der Waals surface area contributed by atoms with Crippen molar-refractivity contribution < 1.29 is 9.66 Å². The average Bonchev–Trinajstić information content (AvgIpc) is 2.75. The van der Waals surface area contributed by atoms with Gasteiger partial charge in [-0.05, 0) is 42.8 Å². The van der Waals surface area contributed by atoms with Gasteiger partial charge in [0.2, 0.25) is 5.95 Å². The maximum atomic E-state index is 12.8. The largest absolute Gasteiger partial charge is 0.494 e. The molecule has 4 rings (SSSR count). The van der Waals surface area contributed by atoms with Crippen molar-refractivity contribution in [2.75, 3.05) is 11.9 Å². The summed E-state index contributed by atoms with van der Waals surface area (Å²) in [4.78, 5) is 34.7. The third-order valence-corrected chi connectivity index (χ3v) is 4.40. The number of nitro benzene ring substituents is 1. The molecule has 0 fully saturated rings. The van der Waals surface area contributed by atoms with Gasteiger partial charge in [0.05, 0.1) is 16.9 Å². The molecule has 0 radical (unpaired) electrons. The Morgan fingerprint density at radius 3 is 2.70 bits per heavy atom. The number of non-ortho nitro benzene ring substituents is 1. The highest BCUT2D eigenvalue weighted by Crippen LogP contribution is 2.28. The molecule has 0 spiro atoms. The topological polar surface area (TPSA) is 123 Å². The second-order valence-electron chi connectivity index (χ2n) is 6.36. The number of rotatable bonds is 6. The summed E-state index contributed by atoms with van der Waals surface area (Å²) in [6, 6.07) is 15.0. The van der Waals surface area contributed by atoms with Crippen molar-refractivity contribution in [2.24, 2.45) is 0 Å². The van der Waals surface area contributed by atoms with Crippen molar-refractivity contribution in [2.45, 2.75) is 6.92 Å². The van der Waals surface area contributed by atoms with Gasteiger partial charge in [0.25, 0.3) is 11.2 Å². The van der Waals surface area contributed by atoms with Gasteiger partial charge < -0.3 is 10.1 Å². The number of hydrogen-bond acceptors (Lipinski definition) is 7. The van der Waals surface area contributed by atoms with Gasteiger partial charge in [-0.3, -0.25) is 19.9 Å². The molecule has 0 aliphatic carbocycles. The molecule has 0 unspecified atom stereocenters. The Labute approximate surface area is 170 Å². The molecular weight excluding hydrogens is 386 g/mol. The molecule has 9 nitrogen and oxygen atoms in total. The number of benzene rings is 2. The number of H-pyrrole nitrogens is 1. The molecule has 2 aromatic carbocycles. The minimum atomic E-state index is -0.478. The molecule has 0 atom stereocenters. The lowest BCUT2D eigenvalue weighted by atomic mass is 10.0. The molecule has 2 N–H and O–H groups in total. The summed E-state index contributed by atoms with van der Waals surface area (Å²) < 4.78 is 5.41. The van der Waals surface area contributed by atoms with E-state index in [0.717, 1.165) is 11.4 Å². The smallest absolute Gasteiger partial charge is 0.270 e. The van der Waals surface area contributed by atoms with Crippen LogP contribution in [-0.4, -0.2) is 26.5 Å². The number of fused-ring (bicyclic) bond motifs is 1. The Balaban J connectivity index is 1.73. The van der Waals surface area contributed by atoms with E-state index in [1.54, 1.807) is 18.2 Å². The zero-order valence-corrected chi connectivity index (χ0v) is 16.0. The van der Waals surface area contributed by atoms with Crippen molar-refractivity contribution >= 4 is 28.4 Å². The van der Waals surface area contributed by atoms with E-state index in [4.69, 9.17) is 4.74 Å². The monoisotopic (exact) mass is 403 g/mol. The van der Waals surface area contributed by atoms with Crippen LogP contribution in [0.3, 0.4) is 0 Å². The molecule has 4 aromatic rings. The lowest BCUT2D eigenvalue weighted by Gasteiger charge is -2.09. The first-order valence-corrected chi connectivity index (χ1v) is 9.19. The first kappa shape index (κ1) is 19.1. The number of ether oxygens (including phenoxy) is 1. The fourth-order valence-electron chi connectivity index (χ4n) is 3.09. The van der Waals surface area contributed by atoms with Gasteiger partial charge >= 0.3 is 0 Å². The Kier molecular flexibility index (Phi) is 5.08. The third-order valence-electron chi connectivity index (χ3n) is 4.40. The first-order valence-electron chi connectivity index (χ1n) is 9.19. The number of aromatic nitrogens is 3. The van der Waals surface area contributed by atoms with E-state index in [-0.39, 0.29) is 22.7 Å². The molecule has 0 saturated heterocycles. The van der Waals surface area contributed by atoms with Crippen LogP contribution in [0.4, 0.5) is 17.3 Å². The fraction of sp³-hybridized carbons (Fsp3) is 0.0952. The summed E-state index contributed by atoms with van der Waals surface area (Å²) in [6.45, 7) is 2.48. The molecule has 2 heterocycles. The van der Waals surface area contributed by atoms with Crippen LogP contribution in [0.25, 0.3) is 22.2 Å². The number of nitrogens with one attached hydrogen (secondary N) is 2. The molecule has 150 valence electrons. The minimum absolute atomic E-state index is 0.0596. The van der Waals surface area contributed by atoms with E-state index in [1.807, 2.05) is 31.2 Å². The van der Waals surface area contributed by atoms with Crippen LogP contribution in [0.15, 0.2) is 65.6 Å². The van der Waals surface area contributed by atoms with Crippen LogP contribution in [-0.2, 0) is 0 Å². The summed E-state index contributed by atoms with van der Waals surface area (Å²) >= 11 is 0. The number of anilines is 2. The van der Waals surface area contributed by atoms with Gasteiger partial charge in [-0.2, -0.15) is 4.98 Å². The van der Waals surface area contributed by atoms with E-state index in [9.17, 15) is 14.9 Å². The number of hydrogen-bond donors (Lipinski definition) is 2. The van der Waals surface area contributed by atoms with Crippen molar-refractivity contribution in [3.05, 3.63) is 81.3 Å². The first-order chi connectivity index (χ1) is 14.5. The molecule has 0 bridgehead atoms. The molecule has 30 heavy (non-hydrogen) atoms. The van der Waals surface area contributed by atoms with Crippen LogP contribution in [0, 0.1) is 10.1 Å². The lowest BCUT2D eigenvalue weighted by Crippen LogP contribution is -2.13. The summed E-state index contributed by atoms with van der Waals surface area (Å²) in [5.74, 6) is 0.978. The lowest BCUT2D eigenvalue weighted by molar-refractivity contribution is -0.384. The summed E-state index contributed by atoms with van der Waals surface area (Å²) in [7, 11) is 0. The molecule has 9 heteroatoms. The second-order valence-corrected chi connectivity index (χ2v) is 6.36. The Bertz CT molecular complexity index is 1280. The molecule has 2 aromatic heterocycles. The minimum Gasteiger partial charge on any atom is -0.494 e. The maximum Gasteiger partial charge on any atom is 0.270 e. The van der Waals surface area contributed by atoms with Crippen molar-refractivity contribution in [1.82, 2.24) is 15.0 Å². The van der Waals surface area contributed by atoms with Gasteiger partial charge in [-0.1, -0.05) is 12.1 Å². The highest BCUT2D eigenvalue weighted by Gasteiger charge is 2.14. The van der Waals surface area contributed by atoms with Gasteiger partial charge in [-0.15, -0.1) is 0 Å². The van der Waals surface area contributed by atoms with Crippen LogP contribution in [0.1, 0.15) is 6.92 Å². The van der Waals surface area contributed by atoms with E-state index < -0.39 is 10.5 Å². The van der Waals surface area contributed by atoms with E-state index in [0.29, 0.717) is 17.7 Å². The summed E-state index contributed by atoms with van der Waals surface area (Å²) in [5, 5.41) is 14.4. The van der Waals surface area contributed by atoms with Crippen LogP contribution < -0.4 is 15.6 Å². The number of nitrogens with zero attached hydrogens (tertiary/aromatic N) is 3. The average molecular weight is 403 g/mol. The summed E-state index contributed by atoms with van der Waals surface area (Å²) in [5.41, 5.74) is 1.55. The third kappa shape index (κ3) is 3.81. The SMILES string of the molecule is CCOc1ccc(Nc2nc3nccc(-c4cccc([N+](=O)[O-])c4)c3c(=O)[nH]2)cc1. The predicted octanol–water partition coefficient (Wildman–Crippen LogP) is 4.04. The fourth-order valence-corrected chi connectivity index (χ4v) is 3.09. The zero-order valence-electron chi connectivity index (χ0n) is 16.0. The molecule has 0 amide bonds. The Hall–Kier alpha value is -4.27. The molecule has 0 saturated carbocycles. The van der Waals surface area contributed by atoms with E-state index in [2.05, 4.69) is 20.3 Å². The Morgan fingerprint density at radius 1 is 1.17 bits per heavy atom. The zero-order chi connectivity index (χ0) is 21.1. The highest BCUT2D eigenvalue weighted by molar-refractivity contribution is 5.92. The number of nitro groups is 1. The Morgan fingerprint density at radius 2 is 1.97 bits per heavy atom. The van der Waals surface area contributed by atoms with E-state index >= 15 is 0 Å². The van der Waals surface area contributed by atoms with Gasteiger partial charge in [0, 0.05) is 29.6 Å². The molecular formula is C21H17N5O4. The maximum absolute atomic E-state index is 12.8. The normalized spacial score (nSPS) is 10.7. The van der Waals surface area contributed by atoms with Gasteiger partial charge in [0.1, 0.15) is 5.75 Å². The molecule has 0 aliphatic heterocycles. The molecule has 0 aliphatic rings. The quantitative estimate of drug-likeness (QED) is 0.368. The van der Waals surface area contributed by atoms with Crippen LogP contribution in [0.5, 0.6) is 5.75 Å². The van der Waals surface area contributed by atoms with E-state index in [1.165, 1.54) is 18.3 Å². The van der Waals surface area contributed by atoms with Gasteiger partial charge in [0.15, 0.2) is 5.65 Å². The highest BCUT2D eigenvalue weighted by atomic mass is 16.6. The van der Waals surface area contributed by atoms with Crippen LogP contribution >= 0.6 is 0 Å². The van der Waals surface area contributed by atoms with Crippen molar-refractivity contribution in [1.29, 1.82) is 0 Å². The van der Waals surface area contributed by atoms with Crippen LogP contribution in [0.2, 0.25) is 0 Å². The van der Waals surface area contributed by atoms with Crippen molar-refractivity contribution in [3.63, 3.8) is 0 Å². The standard InChI is InChI=1S/C21H17N5O4/c1-2-30-16-8-6-14(7-9-16)23-21-24-19-18(20(27)25-21)17(10-11-22-19)13-4-3-5-15(12-13)26(28)29/h3-12H,2H2,1H3,(H2,22,23,24,25,27). The number of pyridine rings is 1. The van der Waals surface area contributed by atoms with Gasteiger partial charge in [-0.25, -0.2) is 4.98 Å². The number of aromatic amines is 1. The predicted molar refractivity (Wildman–Crippen MR) is 113 cm³/mol. The van der Waals surface area contributed by atoms with Crippen molar-refractivity contribution in [3.8, 4) is 16.9 Å².